The van der Waals surface area contributed by atoms with Crippen LogP contribution >= 0.6 is 0 Å². The first-order valence-corrected chi connectivity index (χ1v) is 5.50. The van der Waals surface area contributed by atoms with Gasteiger partial charge in [0, 0.05) is 0 Å². The summed E-state index contributed by atoms with van der Waals surface area (Å²) in [6.45, 7) is 0. The molecule has 0 spiro atoms. The predicted molar refractivity (Wildman–Crippen MR) is 63.8 cm³/mol. The van der Waals surface area contributed by atoms with Crippen molar-refractivity contribution in [1.29, 1.82) is 0 Å². The van der Waals surface area contributed by atoms with Gasteiger partial charge in [0.2, 0.25) is 0 Å². The van der Waals surface area contributed by atoms with Gasteiger partial charge in [-0.2, -0.15) is 13.2 Å². The van der Waals surface area contributed by atoms with Gasteiger partial charge in [0.15, 0.2) is 0 Å². The number of hydrogen-bond acceptors (Lipinski definition) is 1. The molecular weight excluding hydrogens is 276 g/mol. The van der Waals surface area contributed by atoms with Gasteiger partial charge in [0.25, 0.3) is 0 Å². The first-order valence-electron chi connectivity index (χ1n) is 5.50. The van der Waals surface area contributed by atoms with Crippen LogP contribution in [0.1, 0.15) is 15.9 Å². The summed E-state index contributed by atoms with van der Waals surface area (Å²) >= 11 is 0. The second-order valence-corrected chi connectivity index (χ2v) is 4.04. The van der Waals surface area contributed by atoms with Crippen molar-refractivity contribution >= 4 is 5.97 Å². The molecule has 0 saturated heterocycles. The highest BCUT2D eigenvalue weighted by Crippen LogP contribution is 2.37. The number of rotatable bonds is 2. The van der Waals surface area contributed by atoms with Gasteiger partial charge in [-0.1, -0.05) is 24.3 Å². The molecule has 0 aliphatic carbocycles. The Hall–Kier alpha value is -2.37. The molecule has 0 heterocycles. The van der Waals surface area contributed by atoms with E-state index in [-0.39, 0.29) is 11.1 Å². The normalized spacial score (nSPS) is 11.4. The predicted octanol–water partition coefficient (Wildman–Crippen LogP) is 4.21. The molecule has 0 unspecified atom stereocenters. The van der Waals surface area contributed by atoms with Crippen LogP contribution in [0.25, 0.3) is 11.1 Å². The number of alkyl halides is 3. The summed E-state index contributed by atoms with van der Waals surface area (Å²) in [4.78, 5) is 10.7. The minimum Gasteiger partial charge on any atom is -0.478 e. The third-order valence-electron chi connectivity index (χ3n) is 2.74. The first kappa shape index (κ1) is 14.0. The van der Waals surface area contributed by atoms with Crippen LogP contribution in [0.3, 0.4) is 0 Å². The van der Waals surface area contributed by atoms with Crippen molar-refractivity contribution in [2.75, 3.05) is 0 Å². The molecule has 6 heteroatoms. The van der Waals surface area contributed by atoms with Crippen LogP contribution in [0.4, 0.5) is 17.6 Å². The van der Waals surface area contributed by atoms with Crippen molar-refractivity contribution in [3.8, 4) is 11.1 Å². The zero-order chi connectivity index (χ0) is 14.9. The van der Waals surface area contributed by atoms with Crippen LogP contribution in [0.5, 0.6) is 0 Å². The van der Waals surface area contributed by atoms with Crippen molar-refractivity contribution in [2.45, 2.75) is 6.18 Å². The molecule has 0 amide bonds. The molecular formula is C14H8F4O2. The van der Waals surface area contributed by atoms with E-state index in [0.29, 0.717) is 0 Å². The summed E-state index contributed by atoms with van der Waals surface area (Å²) in [5.74, 6) is -2.55. The van der Waals surface area contributed by atoms with Crippen LogP contribution in [0.2, 0.25) is 0 Å². The largest absolute Gasteiger partial charge is 0.478 e. The Labute approximate surface area is 111 Å². The Morgan fingerprint density at radius 3 is 2.25 bits per heavy atom. The molecule has 2 rings (SSSR count). The summed E-state index contributed by atoms with van der Waals surface area (Å²) in [6.07, 6.45) is -4.57. The number of hydrogen-bond donors (Lipinski definition) is 1. The highest BCUT2D eigenvalue weighted by atomic mass is 19.4. The molecule has 0 saturated carbocycles. The van der Waals surface area contributed by atoms with E-state index in [1.165, 1.54) is 18.2 Å². The van der Waals surface area contributed by atoms with E-state index < -0.39 is 29.1 Å². The fourth-order valence-electron chi connectivity index (χ4n) is 1.84. The van der Waals surface area contributed by atoms with E-state index >= 15 is 0 Å². The maximum Gasteiger partial charge on any atom is 0.417 e. The molecule has 0 radical (unpaired) electrons. The Bertz CT molecular complexity index is 662. The molecule has 104 valence electrons. The quantitative estimate of drug-likeness (QED) is 0.839. The maximum absolute atomic E-state index is 13.6. The van der Waals surface area contributed by atoms with Crippen molar-refractivity contribution in [2.24, 2.45) is 0 Å². The monoisotopic (exact) mass is 284 g/mol. The summed E-state index contributed by atoms with van der Waals surface area (Å²) in [5.41, 5.74) is -1.71. The topological polar surface area (TPSA) is 37.3 Å². The smallest absolute Gasteiger partial charge is 0.417 e. The van der Waals surface area contributed by atoms with Gasteiger partial charge in [0.1, 0.15) is 5.82 Å². The molecule has 20 heavy (non-hydrogen) atoms. The molecule has 2 aromatic rings. The number of benzene rings is 2. The molecule has 0 aliphatic rings. The number of carbonyl (C=O) groups is 1. The second kappa shape index (κ2) is 4.96. The Kier molecular flexibility index (Phi) is 3.48. The Morgan fingerprint density at radius 1 is 1.05 bits per heavy atom. The van der Waals surface area contributed by atoms with Gasteiger partial charge in [-0.25, -0.2) is 9.18 Å². The zero-order valence-electron chi connectivity index (χ0n) is 9.91. The van der Waals surface area contributed by atoms with E-state index in [0.717, 1.165) is 24.3 Å². The fraction of sp³-hybridized carbons (Fsp3) is 0.0714. The van der Waals surface area contributed by atoms with Crippen molar-refractivity contribution in [3.05, 3.63) is 59.4 Å². The molecule has 0 atom stereocenters. The highest BCUT2D eigenvalue weighted by molar-refractivity contribution is 5.88. The minimum atomic E-state index is -4.57. The second-order valence-electron chi connectivity index (χ2n) is 4.04. The van der Waals surface area contributed by atoms with Crippen molar-refractivity contribution < 1.29 is 27.5 Å². The fourth-order valence-corrected chi connectivity index (χ4v) is 1.84. The van der Waals surface area contributed by atoms with Crippen LogP contribution in [0.15, 0.2) is 42.5 Å². The maximum atomic E-state index is 13.6. The van der Waals surface area contributed by atoms with Crippen LogP contribution in [0, 0.1) is 5.82 Å². The molecule has 2 aromatic carbocycles. The van der Waals surface area contributed by atoms with E-state index in [4.69, 9.17) is 5.11 Å². The Balaban J connectivity index is 2.59. The minimum absolute atomic E-state index is 0.0274. The van der Waals surface area contributed by atoms with Crippen molar-refractivity contribution in [1.82, 2.24) is 0 Å². The van der Waals surface area contributed by atoms with Crippen LogP contribution in [-0.4, -0.2) is 11.1 Å². The highest BCUT2D eigenvalue weighted by Gasteiger charge is 2.33. The molecule has 2 nitrogen and oxygen atoms in total. The Morgan fingerprint density at radius 2 is 1.70 bits per heavy atom. The van der Waals surface area contributed by atoms with Crippen molar-refractivity contribution in [3.63, 3.8) is 0 Å². The summed E-state index contributed by atoms with van der Waals surface area (Å²) in [6, 6.07) is 7.60. The molecule has 0 aliphatic heterocycles. The lowest BCUT2D eigenvalue weighted by molar-refractivity contribution is -0.137. The molecule has 0 bridgehead atoms. The SMILES string of the molecule is O=C(O)c1ccc(-c2ccccc2C(F)(F)F)cc1F. The van der Waals surface area contributed by atoms with Crippen LogP contribution < -0.4 is 0 Å². The lowest BCUT2D eigenvalue weighted by Gasteiger charge is -2.13. The summed E-state index contributed by atoms with van der Waals surface area (Å²) < 4.78 is 52.1. The zero-order valence-corrected chi connectivity index (χ0v) is 9.91. The van der Waals surface area contributed by atoms with Gasteiger partial charge in [-0.3, -0.25) is 0 Å². The van der Waals surface area contributed by atoms with E-state index in [9.17, 15) is 22.4 Å². The molecule has 0 fully saturated rings. The number of carboxylic acid groups (broad SMARTS) is 1. The lowest BCUT2D eigenvalue weighted by atomic mass is 9.98. The third kappa shape index (κ3) is 2.64. The number of halogens is 4. The van der Waals surface area contributed by atoms with E-state index in [1.807, 2.05) is 0 Å². The van der Waals surface area contributed by atoms with Gasteiger partial charge in [0.05, 0.1) is 11.1 Å². The summed E-state index contributed by atoms with van der Waals surface area (Å²) in [5, 5.41) is 8.69. The van der Waals surface area contributed by atoms with Crippen LogP contribution in [-0.2, 0) is 6.18 Å². The number of carboxylic acids is 1. The lowest BCUT2D eigenvalue weighted by Crippen LogP contribution is -2.07. The van der Waals surface area contributed by atoms with E-state index in [1.54, 1.807) is 0 Å². The average Bonchev–Trinajstić information content (AvgIpc) is 2.37. The third-order valence-corrected chi connectivity index (χ3v) is 2.74. The average molecular weight is 284 g/mol. The molecule has 0 aromatic heterocycles. The van der Waals surface area contributed by atoms with Gasteiger partial charge in [-0.15, -0.1) is 0 Å². The van der Waals surface area contributed by atoms with Gasteiger partial charge >= 0.3 is 12.1 Å². The van der Waals surface area contributed by atoms with Gasteiger partial charge < -0.3 is 5.11 Å². The standard InChI is InChI=1S/C14H8F4O2/c15-12-7-8(5-6-10(12)13(19)20)9-3-1-2-4-11(9)14(16,17)18/h1-7H,(H,19,20). The molecule has 1 N–H and O–H groups in total. The number of aromatic carboxylic acids is 1. The first-order chi connectivity index (χ1) is 9.30. The van der Waals surface area contributed by atoms with Gasteiger partial charge in [-0.05, 0) is 29.3 Å². The van der Waals surface area contributed by atoms with E-state index in [2.05, 4.69) is 0 Å². The summed E-state index contributed by atoms with van der Waals surface area (Å²) in [7, 11) is 0.